The minimum absolute atomic E-state index is 0.0506. The quantitative estimate of drug-likeness (QED) is 0.111. The van der Waals surface area contributed by atoms with Crippen LogP contribution >= 0.6 is 19.6 Å². The van der Waals surface area contributed by atoms with Crippen LogP contribution in [0.25, 0.3) is 0 Å². The van der Waals surface area contributed by atoms with Crippen molar-refractivity contribution in [3.8, 4) is 0 Å². The third kappa shape index (κ3) is 13.2. The van der Waals surface area contributed by atoms with Gasteiger partial charge >= 0.3 is 7.82 Å². The van der Waals surface area contributed by atoms with Crippen LogP contribution in [0.5, 0.6) is 0 Å². The predicted molar refractivity (Wildman–Crippen MR) is 115 cm³/mol. The summed E-state index contributed by atoms with van der Waals surface area (Å²) in [6, 6.07) is 0. The van der Waals surface area contributed by atoms with Gasteiger partial charge in [-0.15, -0.1) is 0 Å². The minimum atomic E-state index is -4.21. The molecule has 176 valence electrons. The molecule has 0 aliphatic heterocycles. The van der Waals surface area contributed by atoms with E-state index in [1.54, 1.807) is 11.8 Å². The third-order valence-electron chi connectivity index (χ3n) is 3.89. The van der Waals surface area contributed by atoms with Gasteiger partial charge in [-0.1, -0.05) is 19.0 Å². The molecule has 0 aromatic rings. The number of oxime groups is 1. The van der Waals surface area contributed by atoms with E-state index in [1.807, 2.05) is 6.92 Å². The smallest absolute Gasteiger partial charge is 0.399 e. The molecule has 30 heavy (non-hydrogen) atoms. The summed E-state index contributed by atoms with van der Waals surface area (Å²) in [4.78, 5) is 37.8. The number of phosphoric acid groups is 1. The number of carbonyl (C=O) groups is 2. The van der Waals surface area contributed by atoms with Crippen LogP contribution in [0.15, 0.2) is 5.16 Å². The zero-order chi connectivity index (χ0) is 23.2. The monoisotopic (exact) mass is 471 g/mol. The molecule has 0 aliphatic carbocycles. The van der Waals surface area contributed by atoms with Crippen molar-refractivity contribution < 1.29 is 38.0 Å². The van der Waals surface area contributed by atoms with Crippen molar-refractivity contribution in [2.75, 3.05) is 45.4 Å². The molecule has 13 heteroatoms. The van der Waals surface area contributed by atoms with E-state index in [0.29, 0.717) is 6.54 Å². The van der Waals surface area contributed by atoms with E-state index < -0.39 is 25.2 Å². The zero-order valence-electron chi connectivity index (χ0n) is 18.2. The molecule has 0 radical (unpaired) electrons. The van der Waals surface area contributed by atoms with Crippen molar-refractivity contribution in [3.05, 3.63) is 0 Å². The van der Waals surface area contributed by atoms with Gasteiger partial charge in [-0.05, 0) is 19.1 Å². The molecule has 0 aromatic carbocycles. The van der Waals surface area contributed by atoms with Gasteiger partial charge in [0.15, 0.2) is 0 Å². The van der Waals surface area contributed by atoms with E-state index >= 15 is 0 Å². The maximum absolute atomic E-state index is 12.1. The van der Waals surface area contributed by atoms with Crippen molar-refractivity contribution in [2.45, 2.75) is 39.7 Å². The summed E-state index contributed by atoms with van der Waals surface area (Å²) in [7, 11) is -1.69. The maximum atomic E-state index is 12.1. The molecule has 2 atom stereocenters. The van der Waals surface area contributed by atoms with Crippen LogP contribution in [0, 0.1) is 5.41 Å². The highest BCUT2D eigenvalue weighted by molar-refractivity contribution is 7.99. The van der Waals surface area contributed by atoms with Gasteiger partial charge in [0.05, 0.1) is 12.3 Å². The molecule has 11 nitrogen and oxygen atoms in total. The molecule has 0 saturated carbocycles. The van der Waals surface area contributed by atoms with Gasteiger partial charge < -0.3 is 25.5 Å². The lowest BCUT2D eigenvalue weighted by molar-refractivity contribution is -0.137. The van der Waals surface area contributed by atoms with Gasteiger partial charge in [0.2, 0.25) is 11.8 Å². The number of hydrogen-bond donors (Lipinski definition) is 4. The van der Waals surface area contributed by atoms with Crippen molar-refractivity contribution in [2.24, 2.45) is 10.6 Å². The molecule has 4 N–H and O–H groups in total. The number of phosphoric ester groups is 1. The minimum Gasteiger partial charge on any atom is -0.399 e. The van der Waals surface area contributed by atoms with Crippen molar-refractivity contribution in [1.82, 2.24) is 10.6 Å². The van der Waals surface area contributed by atoms with Crippen molar-refractivity contribution >= 4 is 37.1 Å². The SMILES string of the molecule is CO/N=C(\C)CCSCCNC(=O)CCNC(=O)C(O)C(C)(C)COP(=O)(O)OC. The highest BCUT2D eigenvalue weighted by atomic mass is 32.2. The second kappa shape index (κ2) is 14.8. The molecule has 0 fully saturated rings. The molecule has 0 rings (SSSR count). The summed E-state index contributed by atoms with van der Waals surface area (Å²) in [5, 5.41) is 19.2. The largest absolute Gasteiger partial charge is 0.471 e. The Morgan fingerprint density at radius 3 is 2.43 bits per heavy atom. The number of nitrogens with zero attached hydrogens (tertiary/aromatic N) is 1. The summed E-state index contributed by atoms with van der Waals surface area (Å²) in [5.41, 5.74) is -0.238. The standard InChI is InChI=1S/C17H34N3O8PS/c1-13(20-26-4)7-10-30-11-9-18-14(21)6-8-19-16(23)15(22)17(2,3)12-28-29(24,25)27-5/h15,22H,6-12H2,1-5H3,(H,18,21)(H,19,23)(H,24,25)/b20-13+. The molecule has 0 heterocycles. The fourth-order valence-electron chi connectivity index (χ4n) is 2.00. The fourth-order valence-corrected chi connectivity index (χ4v) is 3.50. The lowest BCUT2D eigenvalue weighted by Crippen LogP contribution is -2.46. The van der Waals surface area contributed by atoms with Gasteiger partial charge in [-0.25, -0.2) is 4.57 Å². The van der Waals surface area contributed by atoms with E-state index in [9.17, 15) is 24.2 Å². The lowest BCUT2D eigenvalue weighted by Gasteiger charge is -2.29. The second-order valence-electron chi connectivity index (χ2n) is 7.08. The Balaban J connectivity index is 4.04. The Morgan fingerprint density at radius 1 is 1.17 bits per heavy atom. The van der Waals surface area contributed by atoms with Crippen LogP contribution in [0.2, 0.25) is 0 Å². The van der Waals surface area contributed by atoms with Crippen molar-refractivity contribution in [3.63, 3.8) is 0 Å². The number of nitrogens with one attached hydrogen (secondary N) is 2. The number of rotatable bonds is 16. The average Bonchev–Trinajstić information content (AvgIpc) is 2.68. The molecule has 2 unspecified atom stereocenters. The fraction of sp³-hybridized carbons (Fsp3) is 0.824. The Morgan fingerprint density at radius 2 is 1.83 bits per heavy atom. The van der Waals surface area contributed by atoms with Crippen LogP contribution in [0.3, 0.4) is 0 Å². The summed E-state index contributed by atoms with van der Waals surface area (Å²) >= 11 is 1.68. The topological polar surface area (TPSA) is 156 Å². The molecule has 0 aliphatic rings. The number of thioether (sulfide) groups is 1. The number of hydrogen-bond acceptors (Lipinski definition) is 9. The predicted octanol–water partition coefficient (Wildman–Crippen LogP) is 0.905. The lowest BCUT2D eigenvalue weighted by atomic mass is 9.87. The van der Waals surface area contributed by atoms with E-state index in [4.69, 9.17) is 4.52 Å². The number of carbonyl (C=O) groups excluding carboxylic acids is 2. The molecule has 0 aromatic heterocycles. The van der Waals surface area contributed by atoms with Gasteiger partial charge in [0.25, 0.3) is 0 Å². The summed E-state index contributed by atoms with van der Waals surface area (Å²) < 4.78 is 20.4. The van der Waals surface area contributed by atoms with Crippen molar-refractivity contribution in [1.29, 1.82) is 0 Å². The van der Waals surface area contributed by atoms with Crippen LogP contribution in [0.4, 0.5) is 0 Å². The van der Waals surface area contributed by atoms with Gasteiger partial charge in [0, 0.05) is 37.8 Å². The number of aliphatic hydroxyl groups excluding tert-OH is 1. The first-order valence-corrected chi connectivity index (χ1v) is 12.0. The van der Waals surface area contributed by atoms with Gasteiger partial charge in [-0.3, -0.25) is 18.6 Å². The molecular weight excluding hydrogens is 437 g/mol. The Kier molecular flexibility index (Phi) is 14.2. The molecule has 0 saturated heterocycles. The summed E-state index contributed by atoms with van der Waals surface area (Å²) in [5.74, 6) is 0.705. The van der Waals surface area contributed by atoms with E-state index in [0.717, 1.165) is 30.7 Å². The first-order chi connectivity index (χ1) is 13.9. The molecular formula is C17H34N3O8PS. The van der Waals surface area contributed by atoms with E-state index in [2.05, 4.69) is 25.2 Å². The molecule has 0 spiro atoms. The normalized spacial score (nSPS) is 15.2. The van der Waals surface area contributed by atoms with Gasteiger partial charge in [0.1, 0.15) is 13.2 Å². The third-order valence-corrected chi connectivity index (χ3v) is 5.80. The summed E-state index contributed by atoms with van der Waals surface area (Å²) in [6.45, 7) is 5.06. The second-order valence-corrected chi connectivity index (χ2v) is 9.86. The van der Waals surface area contributed by atoms with Crippen LogP contribution in [-0.2, 0) is 28.0 Å². The highest BCUT2D eigenvalue weighted by Gasteiger charge is 2.36. The zero-order valence-corrected chi connectivity index (χ0v) is 19.9. The first kappa shape index (κ1) is 28.8. The van der Waals surface area contributed by atoms with E-state index in [1.165, 1.54) is 21.0 Å². The Bertz CT molecular complexity index is 618. The van der Waals surface area contributed by atoms with Crippen LogP contribution in [0.1, 0.15) is 33.6 Å². The Labute approximate surface area is 181 Å². The average molecular weight is 472 g/mol. The Hall–Kier alpha value is -1.17. The molecule has 0 bridgehead atoms. The first-order valence-electron chi connectivity index (χ1n) is 9.35. The van der Waals surface area contributed by atoms with Gasteiger partial charge in [-0.2, -0.15) is 11.8 Å². The maximum Gasteiger partial charge on any atom is 0.471 e. The molecule has 2 amide bonds. The summed E-state index contributed by atoms with van der Waals surface area (Å²) in [6.07, 6.45) is -0.627. The van der Waals surface area contributed by atoms with Crippen LogP contribution < -0.4 is 10.6 Å². The number of aliphatic hydroxyl groups is 1. The highest BCUT2D eigenvalue weighted by Crippen LogP contribution is 2.43. The number of amides is 2. The van der Waals surface area contributed by atoms with Crippen LogP contribution in [-0.4, -0.2) is 79.1 Å². The van der Waals surface area contributed by atoms with E-state index in [-0.39, 0.29) is 25.5 Å².